The Morgan fingerprint density at radius 3 is 2.44 bits per heavy atom. The molecule has 2 aromatic heterocycles. The molecule has 0 saturated carbocycles. The minimum absolute atomic E-state index is 0.142. The van der Waals surface area contributed by atoms with Crippen molar-refractivity contribution < 1.29 is 19.0 Å². The van der Waals surface area contributed by atoms with Crippen LogP contribution in [0.5, 0.6) is 11.5 Å². The summed E-state index contributed by atoms with van der Waals surface area (Å²) < 4.78 is 21.2. The van der Waals surface area contributed by atoms with Crippen molar-refractivity contribution in [1.82, 2.24) is 9.13 Å². The maximum Gasteiger partial charge on any atom is 0.338 e. The third-order valence-electron chi connectivity index (χ3n) is 8.64. The zero-order valence-corrected chi connectivity index (χ0v) is 28.4. The Hall–Kier alpha value is -6.18. The smallest absolute Gasteiger partial charge is 0.338 e. The van der Waals surface area contributed by atoms with Crippen LogP contribution in [0.25, 0.3) is 22.7 Å². The topological polar surface area (TPSA) is 108 Å². The molecule has 0 unspecified atom stereocenters. The summed E-state index contributed by atoms with van der Waals surface area (Å²) in [6.45, 7) is 2.47. The second-order valence-electron chi connectivity index (χ2n) is 11.6. The third-order valence-corrected chi connectivity index (χ3v) is 9.63. The SMILES string of the molecule is CCOC(=O)C1=C(c2ccccc2)N=c2s/c(=C\c3cn(Cc4ccc(C#N)cc4)c4ccccc34)c(=O)n2[C@H]1c1cccc(OC)c1OC. The number of carbonyl (C=O) groups excluding carboxylic acids is 1. The number of thiazole rings is 1. The molecule has 0 N–H and O–H groups in total. The monoisotopic (exact) mass is 680 g/mol. The van der Waals surface area contributed by atoms with Crippen LogP contribution < -0.4 is 24.4 Å². The Balaban J connectivity index is 1.47. The summed E-state index contributed by atoms with van der Waals surface area (Å²) >= 11 is 1.26. The number of nitriles is 1. The van der Waals surface area contributed by atoms with Gasteiger partial charge < -0.3 is 18.8 Å². The van der Waals surface area contributed by atoms with Gasteiger partial charge in [0.25, 0.3) is 5.56 Å². The van der Waals surface area contributed by atoms with Gasteiger partial charge in [0.05, 0.1) is 48.3 Å². The largest absolute Gasteiger partial charge is 0.493 e. The van der Waals surface area contributed by atoms with Crippen LogP contribution in [-0.4, -0.2) is 35.9 Å². The van der Waals surface area contributed by atoms with Crippen molar-refractivity contribution in [2.75, 3.05) is 20.8 Å². The zero-order chi connectivity index (χ0) is 34.8. The number of fused-ring (bicyclic) bond motifs is 2. The Labute approximate surface area is 291 Å². The van der Waals surface area contributed by atoms with Crippen LogP contribution in [0.2, 0.25) is 0 Å². The summed E-state index contributed by atoms with van der Waals surface area (Å²) in [5.74, 6) is 0.283. The molecule has 9 nitrogen and oxygen atoms in total. The minimum Gasteiger partial charge on any atom is -0.493 e. The van der Waals surface area contributed by atoms with Crippen molar-refractivity contribution in [1.29, 1.82) is 5.26 Å². The van der Waals surface area contributed by atoms with Gasteiger partial charge in [-0.2, -0.15) is 5.26 Å². The first-order valence-electron chi connectivity index (χ1n) is 16.0. The number of carbonyl (C=O) groups is 1. The molecule has 50 heavy (non-hydrogen) atoms. The molecule has 0 aliphatic carbocycles. The lowest BCUT2D eigenvalue weighted by Gasteiger charge is -2.27. The van der Waals surface area contributed by atoms with Gasteiger partial charge in [-0.1, -0.05) is 84.1 Å². The molecule has 1 aliphatic rings. The highest BCUT2D eigenvalue weighted by molar-refractivity contribution is 7.07. The summed E-state index contributed by atoms with van der Waals surface area (Å²) in [6.07, 6.45) is 3.92. The number of benzene rings is 4. The fourth-order valence-corrected chi connectivity index (χ4v) is 7.40. The molecule has 0 amide bonds. The molecule has 248 valence electrons. The van der Waals surface area contributed by atoms with Crippen LogP contribution >= 0.6 is 11.3 Å². The van der Waals surface area contributed by atoms with Gasteiger partial charge in [0, 0.05) is 40.3 Å². The van der Waals surface area contributed by atoms with E-state index in [1.54, 1.807) is 30.7 Å². The van der Waals surface area contributed by atoms with Crippen molar-refractivity contribution in [3.05, 3.63) is 156 Å². The first-order valence-corrected chi connectivity index (χ1v) is 16.8. The molecule has 10 heteroatoms. The highest BCUT2D eigenvalue weighted by Gasteiger charge is 2.37. The Bertz CT molecular complexity index is 2500. The van der Waals surface area contributed by atoms with E-state index >= 15 is 0 Å². The predicted octanol–water partition coefficient (Wildman–Crippen LogP) is 5.83. The van der Waals surface area contributed by atoms with Gasteiger partial charge in [-0.05, 0) is 42.8 Å². The van der Waals surface area contributed by atoms with Crippen molar-refractivity contribution in [2.24, 2.45) is 4.99 Å². The van der Waals surface area contributed by atoms with E-state index in [2.05, 4.69) is 10.6 Å². The zero-order valence-electron chi connectivity index (χ0n) is 27.6. The van der Waals surface area contributed by atoms with E-state index in [1.165, 1.54) is 18.4 Å². The van der Waals surface area contributed by atoms with Crippen LogP contribution in [0.3, 0.4) is 0 Å². The summed E-state index contributed by atoms with van der Waals surface area (Å²) in [5, 5.41) is 10.2. The fraction of sp³-hybridized carbons (Fsp3) is 0.150. The Kier molecular flexibility index (Phi) is 8.90. The van der Waals surface area contributed by atoms with Gasteiger partial charge >= 0.3 is 5.97 Å². The van der Waals surface area contributed by atoms with E-state index in [0.717, 1.165) is 22.0 Å². The van der Waals surface area contributed by atoms with Gasteiger partial charge in [0.2, 0.25) is 0 Å². The molecular weight excluding hydrogens is 649 g/mol. The van der Waals surface area contributed by atoms with Crippen LogP contribution in [-0.2, 0) is 16.1 Å². The fourth-order valence-electron chi connectivity index (χ4n) is 6.41. The minimum atomic E-state index is -0.926. The quantitative estimate of drug-likeness (QED) is 0.178. The van der Waals surface area contributed by atoms with Crippen molar-refractivity contribution in [3.8, 4) is 17.6 Å². The van der Waals surface area contributed by atoms with E-state index < -0.39 is 12.0 Å². The number of nitrogens with zero attached hydrogens (tertiary/aromatic N) is 4. The van der Waals surface area contributed by atoms with Crippen molar-refractivity contribution in [3.63, 3.8) is 0 Å². The van der Waals surface area contributed by atoms with E-state index in [0.29, 0.717) is 49.8 Å². The molecular formula is C40H32N4O5S. The number of methoxy groups -OCH3 is 2. The molecule has 6 aromatic rings. The number of aromatic nitrogens is 2. The van der Waals surface area contributed by atoms with E-state index in [-0.39, 0.29) is 17.7 Å². The van der Waals surface area contributed by atoms with Gasteiger partial charge in [-0.25, -0.2) is 9.79 Å². The maximum atomic E-state index is 14.6. The molecule has 1 atom stereocenters. The standard InChI is InChI=1S/C40H32N4O5S/c1-4-49-39(46)34-35(27-11-6-5-7-12-27)42-40-44(36(34)30-14-10-16-32(47-2)37(30)48-3)38(45)33(50-40)21-28-24-43(31-15-9-8-13-29(28)31)23-26-19-17-25(22-41)18-20-26/h5-21,24,36H,4,23H2,1-3H3/b33-21-/t36-/m0/s1. The summed E-state index contributed by atoms with van der Waals surface area (Å²) in [4.78, 5) is 34.0. The number of rotatable bonds is 9. The van der Waals surface area contributed by atoms with E-state index in [4.69, 9.17) is 19.2 Å². The lowest BCUT2D eigenvalue weighted by atomic mass is 9.92. The highest BCUT2D eigenvalue weighted by atomic mass is 32.1. The van der Waals surface area contributed by atoms with Gasteiger partial charge in [0.1, 0.15) is 6.04 Å². The average molecular weight is 681 g/mol. The highest BCUT2D eigenvalue weighted by Crippen LogP contribution is 2.42. The van der Waals surface area contributed by atoms with E-state index in [9.17, 15) is 14.9 Å². The van der Waals surface area contributed by atoms with E-state index in [1.807, 2.05) is 97.2 Å². The molecule has 0 saturated heterocycles. The van der Waals surface area contributed by atoms with Crippen LogP contribution in [0.4, 0.5) is 0 Å². The summed E-state index contributed by atoms with van der Waals surface area (Å²) in [6, 6.07) is 31.6. The number of hydrogen-bond donors (Lipinski definition) is 0. The molecule has 0 spiro atoms. The number of ether oxygens (including phenoxy) is 3. The Morgan fingerprint density at radius 1 is 0.960 bits per heavy atom. The first-order chi connectivity index (χ1) is 24.4. The maximum absolute atomic E-state index is 14.6. The van der Waals surface area contributed by atoms with Crippen molar-refractivity contribution in [2.45, 2.75) is 19.5 Å². The van der Waals surface area contributed by atoms with Crippen molar-refractivity contribution >= 4 is 40.0 Å². The van der Waals surface area contributed by atoms with Gasteiger partial charge in [0.15, 0.2) is 16.3 Å². The number of esters is 1. The molecule has 0 radical (unpaired) electrons. The van der Waals surface area contributed by atoms with Gasteiger partial charge in [-0.3, -0.25) is 9.36 Å². The molecule has 7 rings (SSSR count). The normalized spacial score (nSPS) is 14.2. The van der Waals surface area contributed by atoms with Crippen LogP contribution in [0, 0.1) is 11.3 Å². The lowest BCUT2D eigenvalue weighted by Crippen LogP contribution is -2.40. The molecule has 4 aromatic carbocycles. The summed E-state index contributed by atoms with van der Waals surface area (Å²) in [7, 11) is 3.08. The second kappa shape index (κ2) is 13.7. The average Bonchev–Trinajstić information content (AvgIpc) is 3.66. The molecule has 0 bridgehead atoms. The third kappa shape index (κ3) is 5.78. The van der Waals surface area contributed by atoms with Gasteiger partial charge in [-0.15, -0.1) is 0 Å². The lowest BCUT2D eigenvalue weighted by molar-refractivity contribution is -0.138. The number of para-hydroxylation sites is 2. The van der Waals surface area contributed by atoms with Crippen LogP contribution in [0.1, 0.15) is 40.8 Å². The molecule has 1 aliphatic heterocycles. The summed E-state index contributed by atoms with van der Waals surface area (Å²) in [5.41, 5.74) is 5.14. The first kappa shape index (κ1) is 32.4. The second-order valence-corrected chi connectivity index (χ2v) is 12.6. The van der Waals surface area contributed by atoms with Crippen LogP contribution in [0.15, 0.2) is 119 Å². The molecule has 3 heterocycles. The Morgan fingerprint density at radius 2 is 1.72 bits per heavy atom. The predicted molar refractivity (Wildman–Crippen MR) is 193 cm³/mol. The number of hydrogen-bond acceptors (Lipinski definition) is 8. The molecule has 0 fully saturated rings.